The lowest BCUT2D eigenvalue weighted by Crippen LogP contribution is -2.38. The van der Waals surface area contributed by atoms with Crippen molar-refractivity contribution in [1.82, 2.24) is 9.80 Å². The van der Waals surface area contributed by atoms with Gasteiger partial charge in [0.05, 0.1) is 0 Å². The Morgan fingerprint density at radius 3 is 1.53 bits per heavy atom. The first-order valence-electron chi connectivity index (χ1n) is 8.53. The van der Waals surface area contributed by atoms with Crippen molar-refractivity contribution in [1.29, 1.82) is 0 Å². The van der Waals surface area contributed by atoms with E-state index in [4.69, 9.17) is 0 Å². The molecule has 2 heterocycles. The summed E-state index contributed by atoms with van der Waals surface area (Å²) in [5.74, 6) is 3.76. The molecule has 2 saturated heterocycles. The first-order chi connectivity index (χ1) is 9.40. The van der Waals surface area contributed by atoms with E-state index in [-0.39, 0.29) is 0 Å². The van der Waals surface area contributed by atoms with Crippen LogP contribution in [0.25, 0.3) is 0 Å². The van der Waals surface area contributed by atoms with Crippen LogP contribution in [0.3, 0.4) is 0 Å². The fourth-order valence-corrected chi connectivity index (χ4v) is 5.10. The monoisotopic (exact) mass is 260 g/mol. The molecule has 0 aromatic rings. The number of fused-ring (bicyclic) bond motifs is 2. The molecule has 4 aliphatic rings. The van der Waals surface area contributed by atoms with E-state index < -0.39 is 0 Å². The minimum Gasteiger partial charge on any atom is -0.303 e. The lowest BCUT2D eigenvalue weighted by Gasteiger charge is -2.34. The highest BCUT2D eigenvalue weighted by Gasteiger charge is 2.45. The first kappa shape index (κ1) is 12.4. The molecule has 19 heavy (non-hydrogen) atoms. The number of likely N-dealkylation sites (tertiary alicyclic amines) is 2. The van der Waals surface area contributed by atoms with Crippen molar-refractivity contribution < 1.29 is 0 Å². The van der Waals surface area contributed by atoms with E-state index >= 15 is 0 Å². The van der Waals surface area contributed by atoms with Gasteiger partial charge in [-0.05, 0) is 82.0 Å². The van der Waals surface area contributed by atoms with Gasteiger partial charge in [0.1, 0.15) is 0 Å². The van der Waals surface area contributed by atoms with E-state index in [0.29, 0.717) is 0 Å². The van der Waals surface area contributed by atoms with Crippen LogP contribution in [0.2, 0.25) is 0 Å². The van der Waals surface area contributed by atoms with Gasteiger partial charge in [0, 0.05) is 13.1 Å². The quantitative estimate of drug-likeness (QED) is 0.717. The summed E-state index contributed by atoms with van der Waals surface area (Å²) in [7, 11) is 0. The molecule has 0 radical (unpaired) electrons. The van der Waals surface area contributed by atoms with Gasteiger partial charge in [-0.25, -0.2) is 0 Å². The summed E-state index contributed by atoms with van der Waals surface area (Å²) in [4.78, 5) is 5.49. The van der Waals surface area contributed by atoms with Gasteiger partial charge in [-0.15, -0.1) is 0 Å². The van der Waals surface area contributed by atoms with Crippen LogP contribution < -0.4 is 0 Å². The van der Waals surface area contributed by atoms with Gasteiger partial charge >= 0.3 is 0 Å². The van der Waals surface area contributed by atoms with Crippen LogP contribution in [0.4, 0.5) is 0 Å². The van der Waals surface area contributed by atoms with E-state index in [1.165, 1.54) is 71.4 Å². The summed E-state index contributed by atoms with van der Waals surface area (Å²) >= 11 is 0. The summed E-state index contributed by atoms with van der Waals surface area (Å²) in [6.45, 7) is 8.26. The maximum atomic E-state index is 2.75. The minimum atomic E-state index is 0.915. The van der Waals surface area contributed by atoms with Crippen LogP contribution in [0, 0.1) is 23.7 Å². The van der Waals surface area contributed by atoms with Gasteiger partial charge < -0.3 is 9.80 Å². The summed E-state index contributed by atoms with van der Waals surface area (Å²) in [5.41, 5.74) is 0. The maximum absolute atomic E-state index is 2.75. The number of rotatable bonds is 4. The Morgan fingerprint density at radius 1 is 0.684 bits per heavy atom. The Balaban J connectivity index is 1.42. The van der Waals surface area contributed by atoms with Crippen molar-refractivity contribution in [3.05, 3.63) is 12.2 Å². The number of nitrogens with zero attached hydrogens (tertiary/aromatic N) is 2. The minimum absolute atomic E-state index is 0.915. The fourth-order valence-electron chi connectivity index (χ4n) is 5.10. The van der Waals surface area contributed by atoms with E-state index in [1.54, 1.807) is 0 Å². The zero-order chi connectivity index (χ0) is 12.7. The van der Waals surface area contributed by atoms with Crippen molar-refractivity contribution in [2.24, 2.45) is 23.7 Å². The van der Waals surface area contributed by atoms with Crippen molar-refractivity contribution in [2.75, 3.05) is 39.3 Å². The molecule has 4 atom stereocenters. The van der Waals surface area contributed by atoms with Gasteiger partial charge in [-0.3, -0.25) is 0 Å². The standard InChI is InChI=1S/C17H28N2/c1-2-8-18(7-1)12-16-14-5-6-15(11-14)17(16)13-19-9-3-4-10-19/h5-6,14-17H,1-4,7-13H2. The Labute approximate surface area is 117 Å². The third-order valence-corrected chi connectivity index (χ3v) is 6.14. The van der Waals surface area contributed by atoms with Crippen molar-refractivity contribution in [3.63, 3.8) is 0 Å². The molecule has 2 heteroatoms. The molecule has 4 unspecified atom stereocenters. The predicted molar refractivity (Wildman–Crippen MR) is 79.1 cm³/mol. The molecule has 2 nitrogen and oxygen atoms in total. The van der Waals surface area contributed by atoms with Gasteiger partial charge in [0.2, 0.25) is 0 Å². The summed E-state index contributed by atoms with van der Waals surface area (Å²) in [5, 5.41) is 0. The average Bonchev–Trinajstić information content (AvgIpc) is 3.15. The number of hydrogen-bond donors (Lipinski definition) is 0. The van der Waals surface area contributed by atoms with Crippen LogP contribution in [-0.4, -0.2) is 49.1 Å². The molecule has 0 amide bonds. The lowest BCUT2D eigenvalue weighted by molar-refractivity contribution is 0.163. The zero-order valence-electron chi connectivity index (χ0n) is 12.1. The summed E-state index contributed by atoms with van der Waals surface area (Å²) in [6.07, 6.45) is 12.3. The van der Waals surface area contributed by atoms with E-state index in [1.807, 2.05) is 0 Å². The lowest BCUT2D eigenvalue weighted by atomic mass is 9.82. The number of hydrogen-bond acceptors (Lipinski definition) is 2. The predicted octanol–water partition coefficient (Wildman–Crippen LogP) is 2.62. The number of allylic oxidation sites excluding steroid dienone is 2. The summed E-state index contributed by atoms with van der Waals surface area (Å²) in [6, 6.07) is 0. The molecule has 2 bridgehead atoms. The van der Waals surface area contributed by atoms with E-state index in [9.17, 15) is 0 Å². The normalized spacial score (nSPS) is 42.7. The second-order valence-corrected chi connectivity index (χ2v) is 7.29. The third-order valence-electron chi connectivity index (χ3n) is 6.14. The molecule has 3 fully saturated rings. The van der Waals surface area contributed by atoms with Gasteiger partial charge in [-0.1, -0.05) is 12.2 Å². The van der Waals surface area contributed by atoms with Crippen LogP contribution in [0.15, 0.2) is 12.2 Å². The highest BCUT2D eigenvalue weighted by Crippen LogP contribution is 2.48. The second-order valence-electron chi connectivity index (χ2n) is 7.29. The van der Waals surface area contributed by atoms with Crippen molar-refractivity contribution in [3.8, 4) is 0 Å². The molecule has 0 aromatic heterocycles. The molecule has 106 valence electrons. The van der Waals surface area contributed by atoms with Crippen molar-refractivity contribution in [2.45, 2.75) is 32.1 Å². The molecule has 4 rings (SSSR count). The van der Waals surface area contributed by atoms with E-state index in [0.717, 1.165) is 23.7 Å². The SMILES string of the molecule is C1=CC2CC1C(CN1CCCC1)C2CN1CCCC1. The Bertz CT molecular complexity index is 307. The average molecular weight is 260 g/mol. The van der Waals surface area contributed by atoms with Gasteiger partial charge in [0.25, 0.3) is 0 Å². The third kappa shape index (κ3) is 2.38. The fraction of sp³-hybridized carbons (Fsp3) is 0.882. The van der Waals surface area contributed by atoms with Gasteiger partial charge in [0.15, 0.2) is 0 Å². The highest BCUT2D eigenvalue weighted by atomic mass is 15.2. The second kappa shape index (κ2) is 5.21. The van der Waals surface area contributed by atoms with Crippen molar-refractivity contribution >= 4 is 0 Å². The Hall–Kier alpha value is -0.340. The van der Waals surface area contributed by atoms with Crippen LogP contribution >= 0.6 is 0 Å². The summed E-state index contributed by atoms with van der Waals surface area (Å²) < 4.78 is 0. The molecular weight excluding hydrogens is 232 g/mol. The largest absolute Gasteiger partial charge is 0.303 e. The molecule has 1 saturated carbocycles. The highest BCUT2D eigenvalue weighted by molar-refractivity contribution is 5.14. The van der Waals surface area contributed by atoms with Crippen LogP contribution in [-0.2, 0) is 0 Å². The van der Waals surface area contributed by atoms with Gasteiger partial charge in [-0.2, -0.15) is 0 Å². The molecule has 0 spiro atoms. The molecule has 0 N–H and O–H groups in total. The molecule has 2 aliphatic heterocycles. The maximum Gasteiger partial charge on any atom is 0.00186 e. The topological polar surface area (TPSA) is 6.48 Å². The Kier molecular flexibility index (Phi) is 3.40. The van der Waals surface area contributed by atoms with Crippen LogP contribution in [0.1, 0.15) is 32.1 Å². The Morgan fingerprint density at radius 2 is 1.11 bits per heavy atom. The first-order valence-corrected chi connectivity index (χ1v) is 8.53. The molecular formula is C17H28N2. The van der Waals surface area contributed by atoms with Crippen LogP contribution in [0.5, 0.6) is 0 Å². The zero-order valence-corrected chi connectivity index (χ0v) is 12.1. The van der Waals surface area contributed by atoms with E-state index in [2.05, 4.69) is 22.0 Å². The molecule has 0 aromatic carbocycles. The smallest absolute Gasteiger partial charge is 0.00186 e. The molecule has 2 aliphatic carbocycles.